The van der Waals surface area contributed by atoms with Gasteiger partial charge in [0.2, 0.25) is 11.8 Å². The van der Waals surface area contributed by atoms with Crippen molar-refractivity contribution >= 4 is 17.5 Å². The second-order valence-electron chi connectivity index (χ2n) is 4.86. The normalized spacial score (nSPS) is 17.5. The van der Waals surface area contributed by atoms with Gasteiger partial charge in [0.15, 0.2) is 0 Å². The van der Waals surface area contributed by atoms with Crippen molar-refractivity contribution in [2.75, 3.05) is 11.9 Å². The molecular weight excluding hydrogens is 228 g/mol. The minimum atomic E-state index is -0.145. The Balaban J connectivity index is 1.94. The topological polar surface area (TPSA) is 58.2 Å². The average Bonchev–Trinajstić information content (AvgIpc) is 2.65. The average molecular weight is 246 g/mol. The van der Waals surface area contributed by atoms with E-state index in [0.29, 0.717) is 13.0 Å². The number of hydrogen-bond acceptors (Lipinski definition) is 2. The van der Waals surface area contributed by atoms with Crippen LogP contribution in [-0.2, 0) is 9.59 Å². The van der Waals surface area contributed by atoms with E-state index in [-0.39, 0.29) is 23.7 Å². The molecule has 1 aliphatic heterocycles. The maximum atomic E-state index is 11.8. The molecule has 0 saturated heterocycles. The second-order valence-corrected chi connectivity index (χ2v) is 4.86. The number of hydrogen-bond donors (Lipinski definition) is 2. The zero-order chi connectivity index (χ0) is 13.1. The van der Waals surface area contributed by atoms with Crippen LogP contribution in [0.1, 0.15) is 31.7 Å². The third-order valence-corrected chi connectivity index (χ3v) is 3.17. The monoisotopic (exact) mass is 246 g/mol. The number of anilines is 1. The second kappa shape index (κ2) is 5.21. The largest absolute Gasteiger partial charge is 0.356 e. The van der Waals surface area contributed by atoms with Gasteiger partial charge in [0.05, 0.1) is 5.92 Å². The number of para-hydroxylation sites is 1. The van der Waals surface area contributed by atoms with Gasteiger partial charge in [0.1, 0.15) is 0 Å². The lowest BCUT2D eigenvalue weighted by atomic mass is 9.97. The molecule has 96 valence electrons. The van der Waals surface area contributed by atoms with Gasteiger partial charge in [0, 0.05) is 18.2 Å². The first-order valence-electron chi connectivity index (χ1n) is 6.27. The number of carbonyl (C=O) groups is 2. The number of rotatable bonds is 4. The fraction of sp³-hybridized carbons (Fsp3) is 0.429. The molecule has 4 heteroatoms. The molecule has 1 aromatic rings. The first-order valence-corrected chi connectivity index (χ1v) is 6.27. The summed E-state index contributed by atoms with van der Waals surface area (Å²) >= 11 is 0. The van der Waals surface area contributed by atoms with Crippen LogP contribution in [-0.4, -0.2) is 18.4 Å². The summed E-state index contributed by atoms with van der Waals surface area (Å²) in [5.41, 5.74) is 1.92. The van der Waals surface area contributed by atoms with Gasteiger partial charge in [-0.15, -0.1) is 0 Å². The third-order valence-electron chi connectivity index (χ3n) is 3.17. The van der Waals surface area contributed by atoms with Gasteiger partial charge >= 0.3 is 0 Å². The molecule has 2 N–H and O–H groups in total. The van der Waals surface area contributed by atoms with Crippen molar-refractivity contribution in [1.29, 1.82) is 0 Å². The summed E-state index contributed by atoms with van der Waals surface area (Å²) in [4.78, 5) is 23.2. The van der Waals surface area contributed by atoms with Gasteiger partial charge in [-0.2, -0.15) is 0 Å². The molecule has 1 aliphatic rings. The quantitative estimate of drug-likeness (QED) is 0.852. The highest BCUT2D eigenvalue weighted by molar-refractivity contribution is 6.02. The van der Waals surface area contributed by atoms with E-state index in [1.807, 2.05) is 38.1 Å². The van der Waals surface area contributed by atoms with Crippen LogP contribution in [0.3, 0.4) is 0 Å². The summed E-state index contributed by atoms with van der Waals surface area (Å²) in [7, 11) is 0. The molecule has 1 unspecified atom stereocenters. The van der Waals surface area contributed by atoms with E-state index in [1.54, 1.807) is 0 Å². The molecule has 2 rings (SSSR count). The molecule has 1 atom stereocenters. The Labute approximate surface area is 107 Å². The Hall–Kier alpha value is -1.84. The Morgan fingerprint density at radius 1 is 1.39 bits per heavy atom. The van der Waals surface area contributed by atoms with E-state index in [9.17, 15) is 9.59 Å². The van der Waals surface area contributed by atoms with Crippen molar-refractivity contribution in [3.05, 3.63) is 29.8 Å². The maximum Gasteiger partial charge on any atom is 0.232 e. The number of carbonyl (C=O) groups excluding carboxylic acids is 2. The van der Waals surface area contributed by atoms with E-state index in [1.165, 1.54) is 0 Å². The van der Waals surface area contributed by atoms with Gasteiger partial charge in [-0.1, -0.05) is 32.0 Å². The lowest BCUT2D eigenvalue weighted by molar-refractivity contribution is -0.124. The van der Waals surface area contributed by atoms with Crippen LogP contribution in [0.15, 0.2) is 24.3 Å². The molecule has 0 bridgehead atoms. The molecule has 2 amide bonds. The highest BCUT2D eigenvalue weighted by Gasteiger charge is 2.29. The van der Waals surface area contributed by atoms with Crippen LogP contribution in [0, 0.1) is 5.92 Å². The highest BCUT2D eigenvalue weighted by Crippen LogP contribution is 2.33. The molecule has 0 spiro atoms. The predicted octanol–water partition coefficient (Wildman–Crippen LogP) is 1.88. The van der Waals surface area contributed by atoms with E-state index < -0.39 is 0 Å². The van der Waals surface area contributed by atoms with Gasteiger partial charge in [-0.25, -0.2) is 0 Å². The first-order chi connectivity index (χ1) is 8.59. The van der Waals surface area contributed by atoms with Crippen molar-refractivity contribution in [2.24, 2.45) is 5.92 Å². The minimum Gasteiger partial charge on any atom is -0.356 e. The molecule has 0 saturated carbocycles. The van der Waals surface area contributed by atoms with E-state index in [0.717, 1.165) is 11.3 Å². The van der Waals surface area contributed by atoms with Crippen molar-refractivity contribution in [2.45, 2.75) is 26.2 Å². The molecule has 0 fully saturated rings. The SMILES string of the molecule is CC(C)C(=O)NCCC1C(=O)Nc2ccccc21. The number of benzene rings is 1. The van der Waals surface area contributed by atoms with Crippen LogP contribution >= 0.6 is 0 Å². The summed E-state index contributed by atoms with van der Waals surface area (Å²) in [6.45, 7) is 4.24. The Morgan fingerprint density at radius 3 is 2.83 bits per heavy atom. The lowest BCUT2D eigenvalue weighted by Crippen LogP contribution is -2.30. The summed E-state index contributed by atoms with van der Waals surface area (Å²) in [5.74, 6) is -0.111. The molecule has 4 nitrogen and oxygen atoms in total. The van der Waals surface area contributed by atoms with Gasteiger partial charge in [-0.05, 0) is 18.1 Å². The number of fused-ring (bicyclic) bond motifs is 1. The third kappa shape index (κ3) is 2.53. The van der Waals surface area contributed by atoms with Crippen LogP contribution in [0.2, 0.25) is 0 Å². The van der Waals surface area contributed by atoms with E-state index >= 15 is 0 Å². The van der Waals surface area contributed by atoms with E-state index in [2.05, 4.69) is 10.6 Å². The lowest BCUT2D eigenvalue weighted by Gasteiger charge is -2.11. The Morgan fingerprint density at radius 2 is 2.11 bits per heavy atom. The highest BCUT2D eigenvalue weighted by atomic mass is 16.2. The van der Waals surface area contributed by atoms with Crippen LogP contribution in [0.5, 0.6) is 0 Å². The fourth-order valence-corrected chi connectivity index (χ4v) is 2.11. The fourth-order valence-electron chi connectivity index (χ4n) is 2.11. The molecular formula is C14H18N2O2. The molecule has 1 heterocycles. The molecule has 0 aromatic heterocycles. The molecule has 18 heavy (non-hydrogen) atoms. The van der Waals surface area contributed by atoms with Crippen molar-refractivity contribution in [1.82, 2.24) is 5.32 Å². The Kier molecular flexibility index (Phi) is 3.65. The first kappa shape index (κ1) is 12.6. The van der Waals surface area contributed by atoms with Gasteiger partial charge in [0.25, 0.3) is 0 Å². The summed E-state index contributed by atoms with van der Waals surface area (Å²) in [5, 5.41) is 5.70. The molecule has 0 radical (unpaired) electrons. The van der Waals surface area contributed by atoms with Gasteiger partial charge < -0.3 is 10.6 Å². The smallest absolute Gasteiger partial charge is 0.232 e. The zero-order valence-electron chi connectivity index (χ0n) is 10.7. The van der Waals surface area contributed by atoms with Crippen molar-refractivity contribution in [3.8, 4) is 0 Å². The number of amides is 2. The summed E-state index contributed by atoms with van der Waals surface area (Å²) in [6, 6.07) is 7.70. The zero-order valence-corrected chi connectivity index (χ0v) is 10.7. The van der Waals surface area contributed by atoms with Crippen molar-refractivity contribution in [3.63, 3.8) is 0 Å². The molecule has 1 aromatic carbocycles. The van der Waals surface area contributed by atoms with Crippen LogP contribution in [0.25, 0.3) is 0 Å². The van der Waals surface area contributed by atoms with Gasteiger partial charge in [-0.3, -0.25) is 9.59 Å². The van der Waals surface area contributed by atoms with E-state index in [4.69, 9.17) is 0 Å². The summed E-state index contributed by atoms with van der Waals surface area (Å²) < 4.78 is 0. The predicted molar refractivity (Wildman–Crippen MR) is 70.3 cm³/mol. The minimum absolute atomic E-state index is 0.0188. The Bertz CT molecular complexity index is 469. The summed E-state index contributed by atoms with van der Waals surface area (Å²) in [6.07, 6.45) is 0.640. The standard InChI is InChI=1S/C14H18N2O2/c1-9(2)13(17)15-8-7-11-10-5-3-4-6-12(10)16-14(11)18/h3-6,9,11H,7-8H2,1-2H3,(H,15,17)(H,16,18). The molecule has 0 aliphatic carbocycles. The van der Waals surface area contributed by atoms with Crippen LogP contribution < -0.4 is 10.6 Å². The van der Waals surface area contributed by atoms with Crippen molar-refractivity contribution < 1.29 is 9.59 Å². The maximum absolute atomic E-state index is 11.8. The number of nitrogens with one attached hydrogen (secondary N) is 2. The van der Waals surface area contributed by atoms with Crippen LogP contribution in [0.4, 0.5) is 5.69 Å².